The maximum atomic E-state index is 11.3. The molecule has 22 heavy (non-hydrogen) atoms. The number of carbonyl (C=O) groups is 1. The summed E-state index contributed by atoms with van der Waals surface area (Å²) in [5, 5.41) is 9.28. The Balaban J connectivity index is 2.01. The number of ether oxygens (including phenoxy) is 1. The van der Waals surface area contributed by atoms with Gasteiger partial charge in [0.1, 0.15) is 11.8 Å². The third-order valence-corrected chi connectivity index (χ3v) is 4.21. The van der Waals surface area contributed by atoms with Gasteiger partial charge < -0.3 is 15.6 Å². The number of nitrogens with two attached hydrogens (primary N) is 1. The average Bonchev–Trinajstić information content (AvgIpc) is 2.96. The molecule has 3 N–H and O–H groups in total. The number of nitrogens with zero attached hydrogens (tertiary/aromatic N) is 1. The number of nitrogen functional groups attached to an aromatic ring is 1. The number of aliphatic carboxylic acids is 1. The molecule has 2 atom stereocenters. The van der Waals surface area contributed by atoms with Gasteiger partial charge in [0.05, 0.1) is 12.3 Å². The Labute approximate surface area is 132 Å². The Morgan fingerprint density at radius 1 is 1.55 bits per heavy atom. The maximum Gasteiger partial charge on any atom is 0.320 e. The van der Waals surface area contributed by atoms with Gasteiger partial charge in [-0.05, 0) is 56.8 Å². The summed E-state index contributed by atoms with van der Waals surface area (Å²) in [5.74, 6) is 0.00927. The Bertz CT molecular complexity index is 519. The molecule has 0 aliphatic carbocycles. The van der Waals surface area contributed by atoms with E-state index in [4.69, 9.17) is 10.5 Å². The van der Waals surface area contributed by atoms with Gasteiger partial charge in [-0.25, -0.2) is 0 Å². The van der Waals surface area contributed by atoms with Crippen molar-refractivity contribution in [1.29, 1.82) is 0 Å². The number of likely N-dealkylation sites (tertiary alicyclic amines) is 1. The molecule has 1 aromatic carbocycles. The second-order valence-corrected chi connectivity index (χ2v) is 6.01. The Hall–Kier alpha value is -1.75. The van der Waals surface area contributed by atoms with E-state index < -0.39 is 5.97 Å². The molecule has 1 saturated heterocycles. The van der Waals surface area contributed by atoms with Crippen LogP contribution >= 0.6 is 0 Å². The number of carboxylic acids is 1. The summed E-state index contributed by atoms with van der Waals surface area (Å²) in [5.41, 5.74) is 7.80. The van der Waals surface area contributed by atoms with Crippen LogP contribution in [0.25, 0.3) is 0 Å². The summed E-state index contributed by atoms with van der Waals surface area (Å²) in [6.07, 6.45) is 3.44. The van der Waals surface area contributed by atoms with Gasteiger partial charge in [-0.3, -0.25) is 9.69 Å². The summed E-state index contributed by atoms with van der Waals surface area (Å²) in [6.45, 7) is 5.65. The first-order valence-corrected chi connectivity index (χ1v) is 8.02. The molecule has 1 aliphatic rings. The van der Waals surface area contributed by atoms with Crippen LogP contribution in [0, 0.1) is 0 Å². The van der Waals surface area contributed by atoms with E-state index in [1.807, 2.05) is 18.2 Å². The minimum absolute atomic E-state index is 0.186. The Kier molecular flexibility index (Phi) is 5.66. The lowest BCUT2D eigenvalue weighted by Gasteiger charge is -2.28. The molecule has 5 heteroatoms. The quantitative estimate of drug-likeness (QED) is 0.757. The molecule has 5 nitrogen and oxygen atoms in total. The van der Waals surface area contributed by atoms with Crippen LogP contribution in [0.5, 0.6) is 5.75 Å². The van der Waals surface area contributed by atoms with E-state index in [0.29, 0.717) is 12.3 Å². The average molecular weight is 306 g/mol. The van der Waals surface area contributed by atoms with Crippen molar-refractivity contribution >= 4 is 11.7 Å². The zero-order valence-electron chi connectivity index (χ0n) is 13.4. The summed E-state index contributed by atoms with van der Waals surface area (Å²) in [6, 6.07) is 5.70. The van der Waals surface area contributed by atoms with Crippen LogP contribution in [0.15, 0.2) is 18.2 Å². The monoisotopic (exact) mass is 306 g/mol. The normalized spacial score (nSPS) is 20.0. The third-order valence-electron chi connectivity index (χ3n) is 4.21. The van der Waals surface area contributed by atoms with Crippen molar-refractivity contribution in [1.82, 2.24) is 4.90 Å². The van der Waals surface area contributed by atoms with E-state index in [1.165, 1.54) is 0 Å². The standard InChI is InChI=1S/C17H26N2O3/c1-3-9-22-16-7-6-13(11-14(16)18)10-12(2)19-8-4-5-15(19)17(20)21/h6-7,11-12,15H,3-5,8-10,18H2,1-2H3,(H,20,21). The van der Waals surface area contributed by atoms with Gasteiger partial charge in [0.25, 0.3) is 0 Å². The molecule has 0 radical (unpaired) electrons. The fraction of sp³-hybridized carbons (Fsp3) is 0.588. The van der Waals surface area contributed by atoms with Crippen LogP contribution in [-0.2, 0) is 11.2 Å². The van der Waals surface area contributed by atoms with E-state index >= 15 is 0 Å². The number of anilines is 1. The second-order valence-electron chi connectivity index (χ2n) is 6.01. The molecular formula is C17H26N2O3. The summed E-state index contributed by atoms with van der Waals surface area (Å²) < 4.78 is 5.58. The number of carboxylic acid groups (broad SMARTS) is 1. The smallest absolute Gasteiger partial charge is 0.320 e. The predicted molar refractivity (Wildman–Crippen MR) is 87.2 cm³/mol. The van der Waals surface area contributed by atoms with Crippen LogP contribution in [0.1, 0.15) is 38.7 Å². The van der Waals surface area contributed by atoms with Gasteiger partial charge >= 0.3 is 5.97 Å². The first-order valence-electron chi connectivity index (χ1n) is 8.02. The molecule has 1 aliphatic heterocycles. The summed E-state index contributed by atoms with van der Waals surface area (Å²) in [4.78, 5) is 13.4. The van der Waals surface area contributed by atoms with E-state index in [1.54, 1.807) is 0 Å². The minimum atomic E-state index is -0.716. The number of rotatable bonds is 7. The van der Waals surface area contributed by atoms with Gasteiger partial charge in [0.15, 0.2) is 0 Å². The molecule has 0 spiro atoms. The highest BCUT2D eigenvalue weighted by atomic mass is 16.5. The molecule has 1 heterocycles. The molecule has 0 saturated carbocycles. The van der Waals surface area contributed by atoms with Gasteiger partial charge in [0, 0.05) is 6.04 Å². The van der Waals surface area contributed by atoms with Crippen LogP contribution in [-0.4, -0.2) is 41.2 Å². The lowest BCUT2D eigenvalue weighted by Crippen LogP contribution is -2.42. The molecule has 1 fully saturated rings. The first kappa shape index (κ1) is 16.6. The molecule has 2 rings (SSSR count). The largest absolute Gasteiger partial charge is 0.491 e. The van der Waals surface area contributed by atoms with E-state index in [-0.39, 0.29) is 12.1 Å². The third kappa shape index (κ3) is 3.91. The minimum Gasteiger partial charge on any atom is -0.491 e. The summed E-state index contributed by atoms with van der Waals surface area (Å²) in [7, 11) is 0. The first-order chi connectivity index (χ1) is 10.5. The fourth-order valence-corrected chi connectivity index (χ4v) is 3.11. The van der Waals surface area contributed by atoms with Crippen molar-refractivity contribution in [2.75, 3.05) is 18.9 Å². The van der Waals surface area contributed by atoms with Crippen LogP contribution < -0.4 is 10.5 Å². The van der Waals surface area contributed by atoms with E-state index in [9.17, 15) is 9.90 Å². The van der Waals surface area contributed by atoms with Crippen LogP contribution in [0.4, 0.5) is 5.69 Å². The summed E-state index contributed by atoms with van der Waals surface area (Å²) >= 11 is 0. The van der Waals surface area contributed by atoms with E-state index in [2.05, 4.69) is 18.7 Å². The van der Waals surface area contributed by atoms with Crippen molar-refractivity contribution in [2.45, 2.75) is 51.6 Å². The number of hydrogen-bond acceptors (Lipinski definition) is 4. The molecular weight excluding hydrogens is 280 g/mol. The Morgan fingerprint density at radius 2 is 2.32 bits per heavy atom. The van der Waals surface area contributed by atoms with Crippen molar-refractivity contribution < 1.29 is 14.6 Å². The SMILES string of the molecule is CCCOc1ccc(CC(C)N2CCCC2C(=O)O)cc1N. The lowest BCUT2D eigenvalue weighted by molar-refractivity contribution is -0.142. The van der Waals surface area contributed by atoms with Crippen molar-refractivity contribution in [3.63, 3.8) is 0 Å². The molecule has 0 aromatic heterocycles. The fourth-order valence-electron chi connectivity index (χ4n) is 3.11. The molecule has 2 unspecified atom stereocenters. The van der Waals surface area contributed by atoms with Crippen molar-refractivity contribution in [2.24, 2.45) is 0 Å². The van der Waals surface area contributed by atoms with E-state index in [0.717, 1.165) is 43.5 Å². The number of hydrogen-bond donors (Lipinski definition) is 2. The molecule has 0 bridgehead atoms. The van der Waals surface area contributed by atoms with Crippen molar-refractivity contribution in [3.05, 3.63) is 23.8 Å². The topological polar surface area (TPSA) is 75.8 Å². The van der Waals surface area contributed by atoms with Gasteiger partial charge in [-0.2, -0.15) is 0 Å². The molecule has 1 aromatic rings. The van der Waals surface area contributed by atoms with Crippen LogP contribution in [0.2, 0.25) is 0 Å². The van der Waals surface area contributed by atoms with Gasteiger partial charge in [0.2, 0.25) is 0 Å². The van der Waals surface area contributed by atoms with Crippen LogP contribution in [0.3, 0.4) is 0 Å². The van der Waals surface area contributed by atoms with Gasteiger partial charge in [-0.15, -0.1) is 0 Å². The zero-order chi connectivity index (χ0) is 16.1. The lowest BCUT2D eigenvalue weighted by atomic mass is 10.0. The molecule has 122 valence electrons. The zero-order valence-corrected chi connectivity index (χ0v) is 13.4. The molecule has 0 amide bonds. The Morgan fingerprint density at radius 3 is 2.95 bits per heavy atom. The maximum absolute atomic E-state index is 11.3. The van der Waals surface area contributed by atoms with Gasteiger partial charge in [-0.1, -0.05) is 13.0 Å². The second kappa shape index (κ2) is 7.49. The highest BCUT2D eigenvalue weighted by Gasteiger charge is 2.33. The highest BCUT2D eigenvalue weighted by molar-refractivity contribution is 5.73. The predicted octanol–water partition coefficient (Wildman–Crippen LogP) is 2.54. The highest BCUT2D eigenvalue weighted by Crippen LogP contribution is 2.26. The number of benzene rings is 1. The van der Waals surface area contributed by atoms with Crippen molar-refractivity contribution in [3.8, 4) is 5.75 Å².